The van der Waals surface area contributed by atoms with Gasteiger partial charge in [0.2, 0.25) is 0 Å². The molecule has 2 unspecified atom stereocenters. The zero-order chi connectivity index (χ0) is 16.5. The van der Waals surface area contributed by atoms with Crippen molar-refractivity contribution in [1.82, 2.24) is 0 Å². The van der Waals surface area contributed by atoms with Crippen LogP contribution in [0.25, 0.3) is 0 Å². The third kappa shape index (κ3) is 5.47. The van der Waals surface area contributed by atoms with E-state index in [1.165, 1.54) is 0 Å². The van der Waals surface area contributed by atoms with Crippen LogP contribution in [-0.2, 0) is 19.1 Å². The second kappa shape index (κ2) is 9.65. The van der Waals surface area contributed by atoms with E-state index < -0.39 is 0 Å². The molecule has 4 nitrogen and oxygen atoms in total. The highest BCUT2D eigenvalue weighted by molar-refractivity contribution is 6.00. The molecule has 0 aromatic rings. The zero-order valence-corrected chi connectivity index (χ0v) is 14.4. The van der Waals surface area contributed by atoms with E-state index >= 15 is 0 Å². The predicted molar refractivity (Wildman–Crippen MR) is 86.3 cm³/mol. The molecule has 0 heterocycles. The van der Waals surface area contributed by atoms with Gasteiger partial charge < -0.3 is 9.47 Å². The van der Waals surface area contributed by atoms with Crippen molar-refractivity contribution in [1.29, 1.82) is 0 Å². The van der Waals surface area contributed by atoms with E-state index in [4.69, 9.17) is 9.47 Å². The number of esters is 2. The fourth-order valence-corrected chi connectivity index (χ4v) is 2.50. The number of ether oxygens (including phenoxy) is 2. The minimum absolute atomic E-state index is 0.338. The second-order valence-electron chi connectivity index (χ2n) is 6.30. The maximum absolute atomic E-state index is 12.3. The average molecular weight is 310 g/mol. The Balaban J connectivity index is 2.83. The van der Waals surface area contributed by atoms with Gasteiger partial charge in [-0.1, -0.05) is 40.5 Å². The summed E-state index contributed by atoms with van der Waals surface area (Å²) in [5.41, 5.74) is 1.06. The average Bonchev–Trinajstić information content (AvgIpc) is 2.49. The van der Waals surface area contributed by atoms with Crippen LogP contribution in [0.2, 0.25) is 0 Å². The highest BCUT2D eigenvalue weighted by Gasteiger charge is 2.32. The molecular formula is C18H30O4. The molecule has 1 rings (SSSR count). The Morgan fingerprint density at radius 2 is 1.23 bits per heavy atom. The van der Waals surface area contributed by atoms with E-state index in [-0.39, 0.29) is 11.9 Å². The van der Waals surface area contributed by atoms with E-state index in [9.17, 15) is 9.59 Å². The van der Waals surface area contributed by atoms with Gasteiger partial charge in [-0.2, -0.15) is 0 Å². The quantitative estimate of drug-likeness (QED) is 0.501. The first-order valence-electron chi connectivity index (χ1n) is 8.57. The Kier molecular flexibility index (Phi) is 8.21. The highest BCUT2D eigenvalue weighted by Crippen LogP contribution is 2.35. The molecule has 1 aliphatic rings. The number of carbonyl (C=O) groups is 2. The van der Waals surface area contributed by atoms with Gasteiger partial charge >= 0.3 is 11.9 Å². The molecule has 0 amide bonds. The van der Waals surface area contributed by atoms with Crippen molar-refractivity contribution in [3.05, 3.63) is 11.1 Å². The van der Waals surface area contributed by atoms with E-state index in [0.717, 1.165) is 25.7 Å². The first kappa shape index (κ1) is 18.7. The van der Waals surface area contributed by atoms with E-state index in [0.29, 0.717) is 49.0 Å². The largest absolute Gasteiger partial charge is 0.462 e. The van der Waals surface area contributed by atoms with E-state index in [1.54, 1.807) is 0 Å². The van der Waals surface area contributed by atoms with E-state index in [1.807, 2.05) is 13.8 Å². The summed E-state index contributed by atoms with van der Waals surface area (Å²) in [5, 5.41) is 0. The van der Waals surface area contributed by atoms with Gasteiger partial charge in [-0.3, -0.25) is 0 Å². The van der Waals surface area contributed by atoms with Gasteiger partial charge in [0.25, 0.3) is 0 Å². The van der Waals surface area contributed by atoms with Crippen molar-refractivity contribution in [2.24, 2.45) is 11.8 Å². The molecule has 0 saturated carbocycles. The van der Waals surface area contributed by atoms with Gasteiger partial charge in [0.15, 0.2) is 0 Å². The zero-order valence-electron chi connectivity index (χ0n) is 14.4. The molecule has 1 aliphatic carbocycles. The normalized spacial score (nSPS) is 21.6. The van der Waals surface area contributed by atoms with E-state index in [2.05, 4.69) is 13.8 Å². The smallest absolute Gasteiger partial charge is 0.334 e. The van der Waals surface area contributed by atoms with Crippen LogP contribution < -0.4 is 0 Å². The standard InChI is InChI=1S/C18H30O4/c1-5-7-9-21-17(19)15-11-13(3)14(4)12-16(15)18(20)22-10-8-6-2/h13-14H,5-12H2,1-4H3. The van der Waals surface area contributed by atoms with Crippen molar-refractivity contribution in [3.63, 3.8) is 0 Å². The Bertz CT molecular complexity index is 373. The fourth-order valence-electron chi connectivity index (χ4n) is 2.50. The molecule has 0 N–H and O–H groups in total. The van der Waals surface area contributed by atoms with Gasteiger partial charge in [0.1, 0.15) is 0 Å². The summed E-state index contributed by atoms with van der Waals surface area (Å²) >= 11 is 0. The van der Waals surface area contributed by atoms with Crippen molar-refractivity contribution in [2.75, 3.05) is 13.2 Å². The Labute approximate surface area is 134 Å². The molecule has 0 spiro atoms. The summed E-state index contributed by atoms with van der Waals surface area (Å²) < 4.78 is 10.6. The topological polar surface area (TPSA) is 52.6 Å². The first-order chi connectivity index (χ1) is 10.5. The predicted octanol–water partition coefficient (Wildman–Crippen LogP) is 4.04. The van der Waals surface area contributed by atoms with Gasteiger partial charge in [0.05, 0.1) is 13.2 Å². The Hall–Kier alpha value is -1.32. The monoisotopic (exact) mass is 310 g/mol. The molecule has 0 radical (unpaired) electrons. The molecule has 22 heavy (non-hydrogen) atoms. The minimum Gasteiger partial charge on any atom is -0.462 e. The van der Waals surface area contributed by atoms with Crippen LogP contribution in [-0.4, -0.2) is 25.2 Å². The number of unbranched alkanes of at least 4 members (excludes halogenated alkanes) is 2. The van der Waals surface area contributed by atoms with Crippen molar-refractivity contribution in [3.8, 4) is 0 Å². The van der Waals surface area contributed by atoms with Gasteiger partial charge in [-0.25, -0.2) is 9.59 Å². The van der Waals surface area contributed by atoms with Crippen LogP contribution >= 0.6 is 0 Å². The van der Waals surface area contributed by atoms with Crippen LogP contribution in [0.3, 0.4) is 0 Å². The van der Waals surface area contributed by atoms with Crippen molar-refractivity contribution in [2.45, 2.75) is 66.2 Å². The number of hydrogen-bond acceptors (Lipinski definition) is 4. The molecule has 0 aromatic carbocycles. The summed E-state index contributed by atoms with van der Waals surface area (Å²) in [7, 11) is 0. The number of carbonyl (C=O) groups excluding carboxylic acids is 2. The van der Waals surface area contributed by atoms with Gasteiger partial charge in [-0.15, -0.1) is 0 Å². The third-order valence-electron chi connectivity index (χ3n) is 4.34. The molecule has 0 bridgehead atoms. The van der Waals surface area contributed by atoms with Crippen molar-refractivity contribution < 1.29 is 19.1 Å². The van der Waals surface area contributed by atoms with Crippen LogP contribution in [0.5, 0.6) is 0 Å². The lowest BCUT2D eigenvalue weighted by atomic mass is 9.77. The SMILES string of the molecule is CCCCOC(=O)C1=C(C(=O)OCCCC)CC(C)C(C)C1. The lowest BCUT2D eigenvalue weighted by molar-refractivity contribution is -0.143. The van der Waals surface area contributed by atoms with Crippen LogP contribution in [0.4, 0.5) is 0 Å². The number of rotatable bonds is 8. The maximum Gasteiger partial charge on any atom is 0.334 e. The summed E-state index contributed by atoms with van der Waals surface area (Å²) in [6.07, 6.45) is 4.86. The second-order valence-corrected chi connectivity index (χ2v) is 6.30. The lowest BCUT2D eigenvalue weighted by Gasteiger charge is -2.28. The van der Waals surface area contributed by atoms with Gasteiger partial charge in [0, 0.05) is 11.1 Å². The summed E-state index contributed by atoms with van der Waals surface area (Å²) in [6, 6.07) is 0. The maximum atomic E-state index is 12.3. The molecular weight excluding hydrogens is 280 g/mol. The van der Waals surface area contributed by atoms with Crippen LogP contribution in [0.15, 0.2) is 11.1 Å². The third-order valence-corrected chi connectivity index (χ3v) is 4.34. The molecule has 2 atom stereocenters. The molecule has 0 saturated heterocycles. The van der Waals surface area contributed by atoms with Crippen LogP contribution in [0, 0.1) is 11.8 Å². The first-order valence-corrected chi connectivity index (χ1v) is 8.57. The Morgan fingerprint density at radius 3 is 1.55 bits per heavy atom. The number of hydrogen-bond donors (Lipinski definition) is 0. The van der Waals surface area contributed by atoms with Crippen LogP contribution in [0.1, 0.15) is 66.2 Å². The highest BCUT2D eigenvalue weighted by atomic mass is 16.5. The summed E-state index contributed by atoms with van der Waals surface area (Å²) in [6.45, 7) is 9.16. The molecule has 0 aliphatic heterocycles. The summed E-state index contributed by atoms with van der Waals surface area (Å²) in [4.78, 5) is 24.6. The lowest BCUT2D eigenvalue weighted by Crippen LogP contribution is -2.26. The fraction of sp³-hybridized carbons (Fsp3) is 0.778. The molecule has 0 aromatic heterocycles. The molecule has 126 valence electrons. The Morgan fingerprint density at radius 1 is 0.864 bits per heavy atom. The van der Waals surface area contributed by atoms with Gasteiger partial charge in [-0.05, 0) is 37.5 Å². The molecule has 4 heteroatoms. The molecule has 0 fully saturated rings. The van der Waals surface area contributed by atoms with Crippen molar-refractivity contribution >= 4 is 11.9 Å². The minimum atomic E-state index is -0.338. The summed E-state index contributed by atoms with van der Waals surface area (Å²) in [5.74, 6) is 0.0751.